The van der Waals surface area contributed by atoms with Gasteiger partial charge >= 0.3 is 0 Å². The highest BCUT2D eigenvalue weighted by atomic mass is 79.9. The highest BCUT2D eigenvalue weighted by Gasteiger charge is 2.24. The van der Waals surface area contributed by atoms with Crippen molar-refractivity contribution < 1.29 is 17.9 Å². The van der Waals surface area contributed by atoms with Gasteiger partial charge in [-0.2, -0.15) is 4.39 Å². The number of hydrogen-bond acceptors (Lipinski definition) is 1. The summed E-state index contributed by atoms with van der Waals surface area (Å²) in [6, 6.07) is 6.84. The molecule has 1 atom stereocenters. The van der Waals surface area contributed by atoms with Crippen LogP contribution in [0.2, 0.25) is 5.02 Å². The summed E-state index contributed by atoms with van der Waals surface area (Å²) < 4.78 is 47.1. The maximum Gasteiger partial charge on any atom is 0.200 e. The number of benzene rings is 2. The summed E-state index contributed by atoms with van der Waals surface area (Å²) in [6.45, 7) is 0. The fourth-order valence-corrected chi connectivity index (χ4v) is 2.37. The summed E-state index contributed by atoms with van der Waals surface area (Å²) in [7, 11) is 1.20. The molecule has 0 fully saturated rings. The molecule has 2 aromatic rings. The summed E-state index contributed by atoms with van der Waals surface area (Å²) in [4.78, 5) is 0. The Balaban J connectivity index is 2.51. The largest absolute Gasteiger partial charge is 0.494 e. The second-order valence-corrected chi connectivity index (χ2v) is 5.34. The van der Waals surface area contributed by atoms with E-state index in [1.165, 1.54) is 25.3 Å². The first kappa shape index (κ1) is 15.2. The lowest BCUT2D eigenvalue weighted by Gasteiger charge is -2.13. The normalized spacial score (nSPS) is 12.3. The van der Waals surface area contributed by atoms with Gasteiger partial charge in [0.1, 0.15) is 0 Å². The lowest BCUT2D eigenvalue weighted by Crippen LogP contribution is -2.03. The van der Waals surface area contributed by atoms with Crippen LogP contribution in [0.3, 0.4) is 0 Å². The highest BCUT2D eigenvalue weighted by molar-refractivity contribution is 9.10. The molecule has 6 heteroatoms. The van der Waals surface area contributed by atoms with Crippen molar-refractivity contribution in [3.05, 3.63) is 62.6 Å². The van der Waals surface area contributed by atoms with Gasteiger partial charge in [-0.25, -0.2) is 8.78 Å². The van der Waals surface area contributed by atoms with E-state index in [0.717, 1.165) is 6.07 Å². The van der Waals surface area contributed by atoms with Gasteiger partial charge < -0.3 is 4.74 Å². The quantitative estimate of drug-likeness (QED) is 0.703. The Hall–Kier alpha value is -1.20. The fourth-order valence-electron chi connectivity index (χ4n) is 1.78. The van der Waals surface area contributed by atoms with Crippen LogP contribution in [-0.4, -0.2) is 7.11 Å². The van der Waals surface area contributed by atoms with E-state index < -0.39 is 23.4 Å². The molecule has 0 heterocycles. The molecule has 0 aromatic heterocycles. The van der Waals surface area contributed by atoms with Crippen LogP contribution < -0.4 is 4.74 Å². The van der Waals surface area contributed by atoms with E-state index in [9.17, 15) is 13.2 Å². The molecule has 0 bridgehead atoms. The minimum Gasteiger partial charge on any atom is -0.494 e. The molecule has 2 aromatic carbocycles. The molecule has 1 unspecified atom stereocenters. The lowest BCUT2D eigenvalue weighted by molar-refractivity contribution is 0.352. The van der Waals surface area contributed by atoms with Crippen LogP contribution in [0.15, 0.2) is 34.8 Å². The second kappa shape index (κ2) is 6.06. The third kappa shape index (κ3) is 2.79. The number of ether oxygens (including phenoxy) is 1. The van der Waals surface area contributed by atoms with Crippen LogP contribution >= 0.6 is 27.5 Å². The van der Waals surface area contributed by atoms with Crippen LogP contribution in [0.5, 0.6) is 5.75 Å². The average Bonchev–Trinajstić information content (AvgIpc) is 2.44. The van der Waals surface area contributed by atoms with E-state index in [1.54, 1.807) is 6.07 Å². The molecule has 0 N–H and O–H groups in total. The van der Waals surface area contributed by atoms with E-state index in [0.29, 0.717) is 4.47 Å². The van der Waals surface area contributed by atoms with Crippen molar-refractivity contribution >= 4 is 27.5 Å². The fraction of sp³-hybridized carbons (Fsp3) is 0.143. The molecule has 20 heavy (non-hydrogen) atoms. The van der Waals surface area contributed by atoms with Crippen molar-refractivity contribution in [3.8, 4) is 5.75 Å². The maximum atomic E-state index is 14.4. The maximum absolute atomic E-state index is 14.4. The molecule has 0 aliphatic rings. The van der Waals surface area contributed by atoms with Gasteiger partial charge in [0.15, 0.2) is 17.7 Å². The molecule has 0 radical (unpaired) electrons. The zero-order chi connectivity index (χ0) is 14.9. The topological polar surface area (TPSA) is 9.23 Å². The third-order valence-corrected chi connectivity index (χ3v) is 3.64. The predicted molar refractivity (Wildman–Crippen MR) is 75.0 cm³/mol. The van der Waals surface area contributed by atoms with Gasteiger partial charge in [0.25, 0.3) is 0 Å². The van der Waals surface area contributed by atoms with Crippen molar-refractivity contribution in [1.29, 1.82) is 0 Å². The van der Waals surface area contributed by atoms with Crippen LogP contribution in [0.25, 0.3) is 0 Å². The summed E-state index contributed by atoms with van der Waals surface area (Å²) in [5, 5.41) is 0.135. The van der Waals surface area contributed by atoms with Gasteiger partial charge in [-0.15, -0.1) is 0 Å². The molecular formula is C14H9BrClF3O. The molecular weight excluding hydrogens is 357 g/mol. The zero-order valence-electron chi connectivity index (χ0n) is 10.3. The Labute approximate surface area is 127 Å². The Morgan fingerprint density at radius 1 is 1.10 bits per heavy atom. The summed E-state index contributed by atoms with van der Waals surface area (Å²) in [5.74, 6) is -2.79. The molecule has 0 spiro atoms. The molecule has 2 rings (SSSR count). The number of halogens is 5. The third-order valence-electron chi connectivity index (χ3n) is 2.80. The van der Waals surface area contributed by atoms with Gasteiger partial charge in [-0.3, -0.25) is 0 Å². The minimum absolute atomic E-state index is 0.0597. The van der Waals surface area contributed by atoms with Gasteiger partial charge in [0.05, 0.1) is 7.11 Å². The first-order chi connectivity index (χ1) is 9.45. The molecule has 0 amide bonds. The average molecular weight is 366 g/mol. The van der Waals surface area contributed by atoms with Gasteiger partial charge in [0.2, 0.25) is 5.82 Å². The Kier molecular flexibility index (Phi) is 4.60. The van der Waals surface area contributed by atoms with E-state index in [4.69, 9.17) is 11.6 Å². The first-order valence-electron chi connectivity index (χ1n) is 5.56. The molecule has 0 saturated carbocycles. The van der Waals surface area contributed by atoms with Crippen LogP contribution in [0.1, 0.15) is 17.3 Å². The lowest BCUT2D eigenvalue weighted by atomic mass is 10.0. The molecule has 1 nitrogen and oxygen atoms in total. The minimum atomic E-state index is -1.87. The van der Waals surface area contributed by atoms with Crippen molar-refractivity contribution in [2.24, 2.45) is 0 Å². The summed E-state index contributed by atoms with van der Waals surface area (Å²) >= 11 is 9.07. The molecule has 106 valence electrons. The highest BCUT2D eigenvalue weighted by Crippen LogP contribution is 2.36. The Bertz CT molecular complexity index is 649. The molecule has 0 aliphatic heterocycles. The van der Waals surface area contributed by atoms with E-state index in [2.05, 4.69) is 20.7 Å². The van der Waals surface area contributed by atoms with Crippen molar-refractivity contribution in [3.63, 3.8) is 0 Å². The van der Waals surface area contributed by atoms with Crippen LogP contribution in [-0.2, 0) is 0 Å². The van der Waals surface area contributed by atoms with Gasteiger partial charge in [-0.1, -0.05) is 27.5 Å². The van der Waals surface area contributed by atoms with Crippen LogP contribution in [0.4, 0.5) is 13.2 Å². The smallest absolute Gasteiger partial charge is 0.200 e. The summed E-state index contributed by atoms with van der Waals surface area (Å²) in [6.07, 6.45) is -1.87. The van der Waals surface area contributed by atoms with E-state index >= 15 is 0 Å². The number of rotatable bonds is 3. The second-order valence-electron chi connectivity index (χ2n) is 4.01. The molecule has 0 aliphatic carbocycles. The van der Waals surface area contributed by atoms with E-state index in [-0.39, 0.29) is 16.3 Å². The Morgan fingerprint density at radius 3 is 2.45 bits per heavy atom. The zero-order valence-corrected chi connectivity index (χ0v) is 12.6. The Morgan fingerprint density at radius 2 is 1.80 bits per heavy atom. The standard InChI is InChI=1S/C14H9BrClF3O/c1-20-11-5-3-8(13(18)14(11)19)12(17)9-6-7(15)2-4-10(9)16/h2-6,12H,1H3. The van der Waals surface area contributed by atoms with Crippen molar-refractivity contribution in [2.45, 2.75) is 6.17 Å². The van der Waals surface area contributed by atoms with E-state index in [1.807, 2.05) is 0 Å². The number of methoxy groups -OCH3 is 1. The van der Waals surface area contributed by atoms with Gasteiger partial charge in [0, 0.05) is 20.6 Å². The number of hydrogen-bond donors (Lipinski definition) is 0. The van der Waals surface area contributed by atoms with Crippen LogP contribution in [0, 0.1) is 11.6 Å². The SMILES string of the molecule is COc1ccc(C(F)c2cc(Br)ccc2Cl)c(F)c1F. The van der Waals surface area contributed by atoms with Crippen molar-refractivity contribution in [1.82, 2.24) is 0 Å². The number of alkyl halides is 1. The first-order valence-corrected chi connectivity index (χ1v) is 6.73. The van der Waals surface area contributed by atoms with Gasteiger partial charge in [-0.05, 0) is 30.3 Å². The molecule has 0 saturated heterocycles. The monoisotopic (exact) mass is 364 g/mol. The summed E-state index contributed by atoms with van der Waals surface area (Å²) in [5.41, 5.74) is -0.368. The van der Waals surface area contributed by atoms with Crippen molar-refractivity contribution in [2.75, 3.05) is 7.11 Å². The predicted octanol–water partition coefficient (Wildman–Crippen LogP) is 5.45.